The Morgan fingerprint density at radius 3 is 2.15 bits per heavy atom. The van der Waals surface area contributed by atoms with Gasteiger partial charge >= 0.3 is 24.1 Å². The number of nitrogens with two attached hydrogens (primary N) is 1. The van der Waals surface area contributed by atoms with E-state index in [1.807, 2.05) is 51.1 Å². The van der Waals surface area contributed by atoms with Crippen LogP contribution in [0, 0.1) is 0 Å². The summed E-state index contributed by atoms with van der Waals surface area (Å²) in [5.41, 5.74) is 8.63. The minimum absolute atomic E-state index is 0.00910. The average molecular weight is 567 g/mol. The van der Waals surface area contributed by atoms with E-state index in [1.54, 1.807) is 20.8 Å². The summed E-state index contributed by atoms with van der Waals surface area (Å²) >= 11 is 0. The monoisotopic (exact) mass is 566 g/mol. The Bertz CT molecular complexity index is 944. The van der Waals surface area contributed by atoms with E-state index in [-0.39, 0.29) is 25.5 Å². The van der Waals surface area contributed by atoms with Crippen LogP contribution in [0.2, 0.25) is 0 Å². The number of carboxylic acid groups (broad SMARTS) is 1. The lowest BCUT2D eigenvalue weighted by Crippen LogP contribution is -2.57. The number of hydrazine groups is 1. The minimum atomic E-state index is -1.14. The van der Waals surface area contributed by atoms with Gasteiger partial charge in [0.25, 0.3) is 0 Å². The van der Waals surface area contributed by atoms with Gasteiger partial charge in [-0.05, 0) is 66.4 Å². The third kappa shape index (κ3) is 16.6. The zero-order chi connectivity index (χ0) is 30.3. The second-order valence-corrected chi connectivity index (χ2v) is 11.5. The molecule has 0 aliphatic carbocycles. The van der Waals surface area contributed by atoms with Crippen LogP contribution in [0.5, 0.6) is 0 Å². The normalized spacial score (nSPS) is 13.1. The van der Waals surface area contributed by atoms with E-state index >= 15 is 0 Å². The number of esters is 1. The van der Waals surface area contributed by atoms with Crippen LogP contribution in [0.3, 0.4) is 0 Å². The first-order valence-corrected chi connectivity index (χ1v) is 13.5. The second-order valence-electron chi connectivity index (χ2n) is 11.5. The molecule has 5 N–H and O–H groups in total. The zero-order valence-electron chi connectivity index (χ0n) is 24.5. The molecule has 0 spiro atoms. The van der Waals surface area contributed by atoms with E-state index in [0.717, 1.165) is 10.6 Å². The van der Waals surface area contributed by atoms with Crippen LogP contribution in [0.25, 0.3) is 0 Å². The third-order valence-electron chi connectivity index (χ3n) is 5.18. The van der Waals surface area contributed by atoms with Crippen LogP contribution in [0.4, 0.5) is 9.59 Å². The van der Waals surface area contributed by atoms with Crippen molar-refractivity contribution in [3.8, 4) is 0 Å². The van der Waals surface area contributed by atoms with E-state index in [2.05, 4.69) is 10.7 Å². The molecule has 0 saturated carbocycles. The van der Waals surface area contributed by atoms with Gasteiger partial charge in [-0.15, -0.1) is 0 Å². The van der Waals surface area contributed by atoms with Crippen LogP contribution < -0.4 is 16.5 Å². The van der Waals surface area contributed by atoms with Crippen molar-refractivity contribution in [3.63, 3.8) is 0 Å². The molecule has 0 saturated heterocycles. The highest BCUT2D eigenvalue weighted by molar-refractivity contribution is 5.72. The fraction of sp³-hybridized carbons (Fsp3) is 0.643. The summed E-state index contributed by atoms with van der Waals surface area (Å²) in [6, 6.07) is 8.20. The quantitative estimate of drug-likeness (QED) is 0.0798. The molecule has 0 aromatic heterocycles. The summed E-state index contributed by atoms with van der Waals surface area (Å²) in [4.78, 5) is 48.5. The van der Waals surface area contributed by atoms with Gasteiger partial charge < -0.3 is 30.4 Å². The minimum Gasteiger partial charge on any atom is -0.481 e. The standard InChI is InChI=1S/C28H46N4O8/c1-27(2,3)39-24(35)16-12-8-11-15-22(29)32(26(37)38-19-20-13-9-7-10-14-20)30-18-21(17-23(33)34)31-25(36)40-28(4,5)6/h7,9-10,13-14,21-22,30H,8,11-12,15-19,29H2,1-6H3,(H,31,36)(H,33,34)/t21-,22?/m0/s1. The van der Waals surface area contributed by atoms with Gasteiger partial charge in [0.15, 0.2) is 0 Å². The number of benzene rings is 1. The number of carbonyl (C=O) groups is 4. The largest absolute Gasteiger partial charge is 0.481 e. The number of ether oxygens (including phenoxy) is 3. The molecule has 0 aliphatic heterocycles. The molecule has 0 bridgehead atoms. The van der Waals surface area contributed by atoms with Crippen molar-refractivity contribution >= 4 is 24.1 Å². The van der Waals surface area contributed by atoms with Gasteiger partial charge in [-0.2, -0.15) is 0 Å². The molecule has 0 fully saturated rings. The van der Waals surface area contributed by atoms with Gasteiger partial charge in [-0.1, -0.05) is 36.8 Å². The highest BCUT2D eigenvalue weighted by Gasteiger charge is 2.26. The van der Waals surface area contributed by atoms with Crippen molar-refractivity contribution in [1.82, 2.24) is 15.8 Å². The first kappa shape index (κ1) is 34.6. The lowest BCUT2D eigenvalue weighted by molar-refractivity contribution is -0.155. The lowest BCUT2D eigenvalue weighted by atomic mass is 10.1. The predicted molar refractivity (Wildman–Crippen MR) is 149 cm³/mol. The topological polar surface area (TPSA) is 170 Å². The van der Waals surface area contributed by atoms with Crippen molar-refractivity contribution in [2.75, 3.05) is 6.54 Å². The van der Waals surface area contributed by atoms with Crippen LogP contribution >= 0.6 is 0 Å². The molecule has 0 heterocycles. The molecular formula is C28H46N4O8. The number of nitrogens with zero attached hydrogens (tertiary/aromatic N) is 1. The highest BCUT2D eigenvalue weighted by Crippen LogP contribution is 2.13. The van der Waals surface area contributed by atoms with Crippen molar-refractivity contribution in [3.05, 3.63) is 35.9 Å². The molecule has 1 unspecified atom stereocenters. The van der Waals surface area contributed by atoms with Crippen LogP contribution in [0.15, 0.2) is 30.3 Å². The number of unbranched alkanes of at least 4 members (excludes halogenated alkanes) is 2. The van der Waals surface area contributed by atoms with Crippen LogP contribution in [0.1, 0.15) is 85.6 Å². The molecule has 1 aromatic rings. The maximum atomic E-state index is 13.0. The molecule has 2 atom stereocenters. The Morgan fingerprint density at radius 2 is 1.57 bits per heavy atom. The van der Waals surface area contributed by atoms with Gasteiger partial charge in [0.1, 0.15) is 17.8 Å². The molecule has 12 nitrogen and oxygen atoms in total. The van der Waals surface area contributed by atoms with E-state index in [4.69, 9.17) is 19.9 Å². The Morgan fingerprint density at radius 1 is 0.950 bits per heavy atom. The fourth-order valence-corrected chi connectivity index (χ4v) is 3.50. The third-order valence-corrected chi connectivity index (χ3v) is 5.18. The van der Waals surface area contributed by atoms with E-state index in [0.29, 0.717) is 25.7 Å². The van der Waals surface area contributed by atoms with Crippen molar-refractivity contribution in [2.24, 2.45) is 5.73 Å². The Balaban J connectivity index is 2.79. The highest BCUT2D eigenvalue weighted by atomic mass is 16.6. The molecule has 1 aromatic carbocycles. The molecule has 0 aliphatic rings. The van der Waals surface area contributed by atoms with Crippen molar-refractivity contribution in [1.29, 1.82) is 0 Å². The number of hydrogen-bond donors (Lipinski definition) is 4. The molecule has 12 heteroatoms. The number of hydrogen-bond acceptors (Lipinski definition) is 9. The number of aliphatic carboxylic acids is 1. The molecule has 226 valence electrons. The Labute approximate surface area is 236 Å². The Hall–Kier alpha value is -3.38. The van der Waals surface area contributed by atoms with Gasteiger partial charge in [0.05, 0.1) is 18.6 Å². The van der Waals surface area contributed by atoms with Gasteiger partial charge in [0.2, 0.25) is 0 Å². The van der Waals surface area contributed by atoms with Gasteiger partial charge in [-0.25, -0.2) is 20.0 Å². The van der Waals surface area contributed by atoms with Crippen molar-refractivity contribution in [2.45, 2.75) is 110 Å². The number of carbonyl (C=O) groups excluding carboxylic acids is 3. The maximum absolute atomic E-state index is 13.0. The smallest absolute Gasteiger partial charge is 0.426 e. The van der Waals surface area contributed by atoms with E-state index in [9.17, 15) is 24.3 Å². The number of nitrogens with one attached hydrogen (secondary N) is 2. The van der Waals surface area contributed by atoms with Crippen LogP contribution in [-0.2, 0) is 30.4 Å². The molecule has 0 radical (unpaired) electrons. The van der Waals surface area contributed by atoms with E-state index in [1.165, 1.54) is 0 Å². The first-order valence-electron chi connectivity index (χ1n) is 13.5. The number of alkyl carbamates (subject to hydrolysis) is 1. The van der Waals surface area contributed by atoms with Crippen molar-refractivity contribution < 1.29 is 38.5 Å². The summed E-state index contributed by atoms with van der Waals surface area (Å²) in [6.07, 6.45) is -0.218. The lowest BCUT2D eigenvalue weighted by Gasteiger charge is -2.30. The average Bonchev–Trinajstić information content (AvgIpc) is 2.80. The predicted octanol–water partition coefficient (Wildman–Crippen LogP) is 4.07. The molecule has 2 amide bonds. The van der Waals surface area contributed by atoms with Crippen LogP contribution in [-0.4, -0.2) is 64.2 Å². The summed E-state index contributed by atoms with van der Waals surface area (Å²) in [5.74, 6) is -1.41. The maximum Gasteiger partial charge on any atom is 0.426 e. The summed E-state index contributed by atoms with van der Waals surface area (Å²) in [7, 11) is 0. The number of rotatable bonds is 15. The molecule has 1 rings (SSSR count). The number of carboxylic acids is 1. The fourth-order valence-electron chi connectivity index (χ4n) is 3.50. The summed E-state index contributed by atoms with van der Waals surface area (Å²) < 4.78 is 16.0. The van der Waals surface area contributed by atoms with Gasteiger partial charge in [0, 0.05) is 13.0 Å². The summed E-state index contributed by atoms with van der Waals surface area (Å²) in [6.45, 7) is 10.4. The number of amides is 2. The Kier molecular flexibility index (Phi) is 14.4. The van der Waals surface area contributed by atoms with Gasteiger partial charge in [-0.3, -0.25) is 9.59 Å². The molecular weight excluding hydrogens is 520 g/mol. The van der Waals surface area contributed by atoms with E-state index < -0.39 is 48.0 Å². The summed E-state index contributed by atoms with van der Waals surface area (Å²) in [5, 5.41) is 12.9. The zero-order valence-corrected chi connectivity index (χ0v) is 24.5. The SMILES string of the molecule is CC(C)(C)OC(=O)CCCCCC(N)N(NC[C@H](CC(=O)O)NC(=O)OC(C)(C)C)C(=O)OCc1ccccc1. The first-order chi connectivity index (χ1) is 18.6. The second kappa shape index (κ2) is 16.7. The molecule has 40 heavy (non-hydrogen) atoms.